The van der Waals surface area contributed by atoms with Gasteiger partial charge in [-0.2, -0.15) is 0 Å². The molecule has 1 aliphatic heterocycles. The number of piperazine rings is 1. The van der Waals surface area contributed by atoms with Crippen molar-refractivity contribution in [2.45, 2.75) is 6.54 Å². The van der Waals surface area contributed by atoms with E-state index in [1.807, 2.05) is 24.3 Å². The number of phenols is 1. The number of aromatic hydroxyl groups is 1. The van der Waals surface area contributed by atoms with E-state index in [9.17, 15) is 5.11 Å². The fraction of sp³-hybridized carbons (Fsp3) is 0.375. The van der Waals surface area contributed by atoms with Gasteiger partial charge in [0.25, 0.3) is 0 Å². The van der Waals surface area contributed by atoms with Crippen molar-refractivity contribution in [3.8, 4) is 17.0 Å². The van der Waals surface area contributed by atoms with Gasteiger partial charge in [0, 0.05) is 37.9 Å². The van der Waals surface area contributed by atoms with Crippen LogP contribution in [0.15, 0.2) is 36.5 Å². The quantitative estimate of drug-likeness (QED) is 0.928. The second kappa shape index (κ2) is 6.20. The van der Waals surface area contributed by atoms with E-state index in [-0.39, 0.29) is 5.75 Å². The lowest BCUT2D eigenvalue weighted by atomic mass is 10.1. The highest BCUT2D eigenvalue weighted by atomic mass is 16.3. The second-order valence-corrected chi connectivity index (χ2v) is 5.45. The number of hydrogen-bond acceptors (Lipinski definition) is 5. The summed E-state index contributed by atoms with van der Waals surface area (Å²) in [4.78, 5) is 13.6. The summed E-state index contributed by atoms with van der Waals surface area (Å²) in [5.41, 5.74) is 1.52. The van der Waals surface area contributed by atoms with Crippen molar-refractivity contribution in [1.29, 1.82) is 0 Å². The van der Waals surface area contributed by atoms with Crippen molar-refractivity contribution in [2.75, 3.05) is 33.2 Å². The van der Waals surface area contributed by atoms with E-state index in [2.05, 4.69) is 26.8 Å². The van der Waals surface area contributed by atoms with Gasteiger partial charge < -0.3 is 10.0 Å². The summed E-state index contributed by atoms with van der Waals surface area (Å²) in [6.45, 7) is 5.01. The second-order valence-electron chi connectivity index (χ2n) is 5.45. The molecule has 5 nitrogen and oxygen atoms in total. The molecular weight excluding hydrogens is 264 g/mol. The van der Waals surface area contributed by atoms with Crippen LogP contribution in [0.2, 0.25) is 0 Å². The first-order chi connectivity index (χ1) is 10.2. The Balaban J connectivity index is 1.76. The van der Waals surface area contributed by atoms with Crippen molar-refractivity contribution in [3.05, 3.63) is 42.4 Å². The van der Waals surface area contributed by atoms with Gasteiger partial charge in [0.05, 0.1) is 12.2 Å². The number of aromatic nitrogens is 2. The first kappa shape index (κ1) is 14.0. The molecule has 0 atom stereocenters. The Morgan fingerprint density at radius 1 is 1.10 bits per heavy atom. The Kier molecular flexibility index (Phi) is 4.13. The first-order valence-electron chi connectivity index (χ1n) is 7.23. The van der Waals surface area contributed by atoms with Gasteiger partial charge >= 0.3 is 0 Å². The molecule has 2 aromatic rings. The summed E-state index contributed by atoms with van der Waals surface area (Å²) in [5.74, 6) is 1.06. The highest BCUT2D eigenvalue weighted by Crippen LogP contribution is 2.26. The monoisotopic (exact) mass is 284 g/mol. The van der Waals surface area contributed by atoms with Crippen molar-refractivity contribution in [3.63, 3.8) is 0 Å². The van der Waals surface area contributed by atoms with E-state index in [0.717, 1.165) is 49.8 Å². The molecule has 0 aliphatic carbocycles. The molecule has 5 heteroatoms. The summed E-state index contributed by atoms with van der Waals surface area (Å²) in [7, 11) is 2.15. The minimum Gasteiger partial charge on any atom is -0.507 e. The molecule has 21 heavy (non-hydrogen) atoms. The molecule has 0 unspecified atom stereocenters. The zero-order valence-corrected chi connectivity index (χ0v) is 12.2. The molecule has 0 bridgehead atoms. The summed E-state index contributed by atoms with van der Waals surface area (Å²) in [5, 5.41) is 9.93. The van der Waals surface area contributed by atoms with E-state index in [4.69, 9.17) is 0 Å². The zero-order valence-electron chi connectivity index (χ0n) is 12.2. The fourth-order valence-electron chi connectivity index (χ4n) is 2.52. The smallest absolute Gasteiger partial charge is 0.142 e. The van der Waals surface area contributed by atoms with E-state index in [0.29, 0.717) is 0 Å². The SMILES string of the molecule is CN1CCN(Cc2nccc(-c3ccccc3O)n2)CC1. The number of para-hydroxylation sites is 1. The van der Waals surface area contributed by atoms with Gasteiger partial charge in [0.1, 0.15) is 11.6 Å². The summed E-state index contributed by atoms with van der Waals surface area (Å²) < 4.78 is 0. The van der Waals surface area contributed by atoms with Crippen LogP contribution >= 0.6 is 0 Å². The Hall–Kier alpha value is -1.98. The number of hydrogen-bond donors (Lipinski definition) is 1. The summed E-state index contributed by atoms with van der Waals surface area (Å²) in [6, 6.07) is 9.10. The van der Waals surface area contributed by atoms with E-state index in [1.165, 1.54) is 0 Å². The van der Waals surface area contributed by atoms with Gasteiger partial charge in [-0.3, -0.25) is 4.90 Å². The third-order valence-corrected chi connectivity index (χ3v) is 3.85. The van der Waals surface area contributed by atoms with Crippen molar-refractivity contribution in [1.82, 2.24) is 19.8 Å². The Morgan fingerprint density at radius 2 is 1.86 bits per heavy atom. The van der Waals surface area contributed by atoms with Crippen LogP contribution < -0.4 is 0 Å². The lowest BCUT2D eigenvalue weighted by Crippen LogP contribution is -2.44. The standard InChI is InChI=1S/C16H20N4O/c1-19-8-10-20(11-9-19)12-16-17-7-6-14(18-16)13-4-2-3-5-15(13)21/h2-7,21H,8-12H2,1H3. The molecule has 0 amide bonds. The molecule has 1 aromatic carbocycles. The normalized spacial score (nSPS) is 17.0. The van der Waals surface area contributed by atoms with Gasteiger partial charge in [0.2, 0.25) is 0 Å². The molecular formula is C16H20N4O. The van der Waals surface area contributed by atoms with Crippen LogP contribution in [0.1, 0.15) is 5.82 Å². The summed E-state index contributed by atoms with van der Waals surface area (Å²) >= 11 is 0. The van der Waals surface area contributed by atoms with Crippen LogP contribution in [-0.2, 0) is 6.54 Å². The topological polar surface area (TPSA) is 52.5 Å². The van der Waals surface area contributed by atoms with Crippen molar-refractivity contribution >= 4 is 0 Å². The minimum atomic E-state index is 0.252. The lowest BCUT2D eigenvalue weighted by Gasteiger charge is -2.31. The van der Waals surface area contributed by atoms with Crippen LogP contribution in [0.3, 0.4) is 0 Å². The highest BCUT2D eigenvalue weighted by Gasteiger charge is 2.15. The van der Waals surface area contributed by atoms with Gasteiger partial charge in [-0.05, 0) is 25.2 Å². The molecule has 110 valence electrons. The van der Waals surface area contributed by atoms with Crippen LogP contribution in [-0.4, -0.2) is 58.1 Å². The number of likely N-dealkylation sites (N-methyl/N-ethyl adjacent to an activating group) is 1. The van der Waals surface area contributed by atoms with E-state index in [1.54, 1.807) is 12.3 Å². The number of phenolic OH excluding ortho intramolecular Hbond substituents is 1. The molecule has 1 N–H and O–H groups in total. The first-order valence-corrected chi connectivity index (χ1v) is 7.23. The molecule has 0 radical (unpaired) electrons. The van der Waals surface area contributed by atoms with Crippen LogP contribution in [0.5, 0.6) is 5.75 Å². The van der Waals surface area contributed by atoms with Gasteiger partial charge in [0.15, 0.2) is 0 Å². The van der Waals surface area contributed by atoms with E-state index < -0.39 is 0 Å². The average Bonchev–Trinajstić information content (AvgIpc) is 2.50. The van der Waals surface area contributed by atoms with Gasteiger partial charge in [-0.1, -0.05) is 12.1 Å². The molecule has 2 heterocycles. The maximum Gasteiger partial charge on any atom is 0.142 e. The molecule has 1 aromatic heterocycles. The van der Waals surface area contributed by atoms with Crippen LogP contribution in [0, 0.1) is 0 Å². The maximum absolute atomic E-state index is 9.93. The maximum atomic E-state index is 9.93. The molecule has 1 fully saturated rings. The number of nitrogens with zero attached hydrogens (tertiary/aromatic N) is 4. The Labute approximate surface area is 124 Å². The minimum absolute atomic E-state index is 0.252. The average molecular weight is 284 g/mol. The van der Waals surface area contributed by atoms with Crippen molar-refractivity contribution < 1.29 is 5.11 Å². The fourth-order valence-corrected chi connectivity index (χ4v) is 2.52. The van der Waals surface area contributed by atoms with Crippen LogP contribution in [0.4, 0.5) is 0 Å². The molecule has 1 saturated heterocycles. The Bertz CT molecular complexity index is 609. The third-order valence-electron chi connectivity index (χ3n) is 3.85. The summed E-state index contributed by atoms with van der Waals surface area (Å²) in [6.07, 6.45) is 1.76. The van der Waals surface area contributed by atoms with Crippen LogP contribution in [0.25, 0.3) is 11.3 Å². The zero-order chi connectivity index (χ0) is 14.7. The third kappa shape index (κ3) is 3.37. The Morgan fingerprint density at radius 3 is 2.62 bits per heavy atom. The van der Waals surface area contributed by atoms with E-state index >= 15 is 0 Å². The van der Waals surface area contributed by atoms with Gasteiger partial charge in [-0.15, -0.1) is 0 Å². The predicted molar refractivity (Wildman–Crippen MR) is 81.9 cm³/mol. The molecule has 3 rings (SSSR count). The number of rotatable bonds is 3. The molecule has 1 aliphatic rings. The highest BCUT2D eigenvalue weighted by molar-refractivity contribution is 5.66. The van der Waals surface area contributed by atoms with Crippen molar-refractivity contribution in [2.24, 2.45) is 0 Å². The van der Waals surface area contributed by atoms with Gasteiger partial charge in [-0.25, -0.2) is 9.97 Å². The largest absolute Gasteiger partial charge is 0.507 e. The molecule has 0 spiro atoms. The lowest BCUT2D eigenvalue weighted by molar-refractivity contribution is 0.145. The predicted octanol–water partition coefficient (Wildman–Crippen LogP) is 1.60. The number of benzene rings is 1. The molecule has 0 saturated carbocycles.